The summed E-state index contributed by atoms with van der Waals surface area (Å²) in [7, 11) is -5.05. The summed E-state index contributed by atoms with van der Waals surface area (Å²) in [5.74, 6) is 0.121. The number of aliphatic imine (C=N–C) groups is 1. The molecule has 0 radical (unpaired) electrons. The van der Waals surface area contributed by atoms with Crippen molar-refractivity contribution >= 4 is 31.6 Å². The number of benzene rings is 1. The zero-order chi connectivity index (χ0) is 23.3. The molecule has 1 N–H and O–H groups in total. The Bertz CT molecular complexity index is 1330. The van der Waals surface area contributed by atoms with Crippen molar-refractivity contribution in [3.05, 3.63) is 46.8 Å². The quantitative estimate of drug-likeness (QED) is 0.667. The number of nitrogens with one attached hydrogen (secondary N) is 1. The molecular weight excluding hydrogens is 454 g/mol. The Labute approximate surface area is 187 Å². The van der Waals surface area contributed by atoms with Crippen molar-refractivity contribution in [1.82, 2.24) is 19.4 Å². The lowest BCUT2D eigenvalue weighted by Gasteiger charge is -2.17. The highest BCUT2D eigenvalue weighted by molar-refractivity contribution is 7.91. The third kappa shape index (κ3) is 4.16. The number of carbonyl (C=O) groups excluding carboxylic acids is 1. The first kappa shape index (κ1) is 22.5. The number of nitrogens with zero attached hydrogens (tertiary/aromatic N) is 4. The first-order valence-electron chi connectivity index (χ1n) is 10.1. The summed E-state index contributed by atoms with van der Waals surface area (Å²) in [4.78, 5) is 18.5. The number of aromatic nitrogens is 2. The zero-order valence-electron chi connectivity index (χ0n) is 18.1. The van der Waals surface area contributed by atoms with Gasteiger partial charge in [-0.15, -0.1) is 0 Å². The van der Waals surface area contributed by atoms with E-state index in [1.54, 1.807) is 29.9 Å². The molecule has 0 bridgehead atoms. The van der Waals surface area contributed by atoms with E-state index in [9.17, 15) is 21.6 Å². The molecule has 12 heteroatoms. The molecule has 2 aliphatic rings. The first-order chi connectivity index (χ1) is 15.0. The van der Waals surface area contributed by atoms with E-state index < -0.39 is 19.9 Å². The molecule has 0 aliphatic carbocycles. The molecule has 172 valence electrons. The third-order valence-electron chi connectivity index (χ3n) is 5.89. The molecule has 2 aliphatic heterocycles. The van der Waals surface area contributed by atoms with Gasteiger partial charge in [0.25, 0.3) is 10.0 Å². The van der Waals surface area contributed by atoms with Crippen LogP contribution < -0.4 is 4.72 Å². The van der Waals surface area contributed by atoms with Crippen LogP contribution in [0.3, 0.4) is 0 Å². The van der Waals surface area contributed by atoms with E-state index in [0.717, 1.165) is 17.0 Å². The Kier molecular flexibility index (Phi) is 5.61. The number of likely N-dealkylation sites (N-methyl/N-ethyl adjacent to an activating group) is 1. The lowest BCUT2D eigenvalue weighted by molar-refractivity contribution is -0.128. The van der Waals surface area contributed by atoms with E-state index in [4.69, 9.17) is 0 Å². The maximum atomic E-state index is 12.7. The van der Waals surface area contributed by atoms with E-state index >= 15 is 0 Å². The van der Waals surface area contributed by atoms with Crippen molar-refractivity contribution in [2.75, 3.05) is 25.1 Å². The van der Waals surface area contributed by atoms with Gasteiger partial charge in [-0.05, 0) is 32.4 Å². The molecule has 0 spiro atoms. The molecule has 1 aromatic heterocycles. The van der Waals surface area contributed by atoms with Gasteiger partial charge in [-0.1, -0.05) is 12.1 Å². The lowest BCUT2D eigenvalue weighted by atomic mass is 10.1. The number of carbonyl (C=O) groups is 1. The summed E-state index contributed by atoms with van der Waals surface area (Å²) in [5.41, 5.74) is 2.90. The summed E-state index contributed by atoms with van der Waals surface area (Å²) in [6.45, 7) is 3.80. The smallest absolute Gasteiger partial charge is 0.263 e. The van der Waals surface area contributed by atoms with Crippen LogP contribution in [0.15, 0.2) is 34.2 Å². The van der Waals surface area contributed by atoms with Crippen LogP contribution in [0.4, 0.5) is 0 Å². The molecule has 2 aromatic rings. The monoisotopic (exact) mass is 479 g/mol. The molecular formula is C20H25N5O5S2. The van der Waals surface area contributed by atoms with Crippen LogP contribution in [0.5, 0.6) is 0 Å². The van der Waals surface area contributed by atoms with Crippen LogP contribution in [0.2, 0.25) is 0 Å². The standard InChI is InChI=1S/C20H25N5O5S2/c1-13-17(14(2)25(22-13)15-8-9-31(27,28)12-15)11-24(3)19(26)10-21-20-16-6-4-5-7-18(16)32(29,30)23-20/h4-7,15H,8-12H2,1-3H3,(H,21,23). The van der Waals surface area contributed by atoms with Crippen molar-refractivity contribution in [3.8, 4) is 0 Å². The topological polar surface area (TPSA) is 131 Å². The number of amides is 1. The molecule has 3 heterocycles. The SMILES string of the molecule is Cc1nn(C2CCS(=O)(=O)C2)c(C)c1CN(C)C(=O)CN=C1NS(=O)(=O)c2ccccc21. The molecule has 1 atom stereocenters. The molecule has 4 rings (SSSR count). The normalized spacial score (nSPS) is 22.0. The van der Waals surface area contributed by atoms with E-state index in [0.29, 0.717) is 18.5 Å². The molecule has 1 unspecified atom stereocenters. The van der Waals surface area contributed by atoms with E-state index in [1.165, 1.54) is 11.0 Å². The maximum Gasteiger partial charge on any atom is 0.263 e. The second-order valence-electron chi connectivity index (χ2n) is 8.17. The molecule has 1 aromatic carbocycles. The van der Waals surface area contributed by atoms with Crippen molar-refractivity contribution in [1.29, 1.82) is 0 Å². The van der Waals surface area contributed by atoms with Crippen LogP contribution in [-0.4, -0.2) is 68.4 Å². The van der Waals surface area contributed by atoms with Gasteiger partial charge in [0.05, 0.1) is 28.1 Å². The number of fused-ring (bicyclic) bond motifs is 1. The van der Waals surface area contributed by atoms with Gasteiger partial charge in [0.15, 0.2) is 9.84 Å². The second kappa shape index (κ2) is 8.00. The van der Waals surface area contributed by atoms with Gasteiger partial charge >= 0.3 is 0 Å². The van der Waals surface area contributed by atoms with Crippen LogP contribution in [-0.2, 0) is 31.2 Å². The minimum atomic E-state index is -3.66. The van der Waals surface area contributed by atoms with Gasteiger partial charge in [-0.25, -0.2) is 16.8 Å². The fourth-order valence-corrected chi connectivity index (χ4v) is 7.04. The molecule has 1 amide bonds. The van der Waals surface area contributed by atoms with Gasteiger partial charge < -0.3 is 4.90 Å². The van der Waals surface area contributed by atoms with Gasteiger partial charge in [-0.2, -0.15) is 5.10 Å². The van der Waals surface area contributed by atoms with Crippen LogP contribution in [0, 0.1) is 13.8 Å². The van der Waals surface area contributed by atoms with E-state index in [-0.39, 0.29) is 40.7 Å². The van der Waals surface area contributed by atoms with Crippen molar-refractivity contribution in [2.24, 2.45) is 4.99 Å². The molecule has 1 fully saturated rings. The lowest BCUT2D eigenvalue weighted by Crippen LogP contribution is -2.30. The second-order valence-corrected chi connectivity index (χ2v) is 12.0. The molecule has 1 saturated heterocycles. The van der Waals surface area contributed by atoms with Crippen molar-refractivity contribution < 1.29 is 21.6 Å². The first-order valence-corrected chi connectivity index (χ1v) is 13.4. The third-order valence-corrected chi connectivity index (χ3v) is 9.03. The molecule has 0 saturated carbocycles. The van der Waals surface area contributed by atoms with E-state index in [2.05, 4.69) is 14.8 Å². The number of amidine groups is 1. The fraction of sp³-hybridized carbons (Fsp3) is 0.450. The summed E-state index contributed by atoms with van der Waals surface area (Å²) >= 11 is 0. The Hall–Kier alpha value is -2.73. The zero-order valence-corrected chi connectivity index (χ0v) is 19.7. The average molecular weight is 480 g/mol. The number of sulfone groups is 1. The summed E-state index contributed by atoms with van der Waals surface area (Å²) in [6, 6.07) is 6.29. The van der Waals surface area contributed by atoms with Crippen molar-refractivity contribution in [2.45, 2.75) is 37.8 Å². The van der Waals surface area contributed by atoms with Gasteiger partial charge in [0, 0.05) is 30.4 Å². The predicted octanol–water partition coefficient (Wildman–Crippen LogP) is 0.557. The van der Waals surface area contributed by atoms with Crippen LogP contribution in [0.1, 0.15) is 35.0 Å². The summed E-state index contributed by atoms with van der Waals surface area (Å²) in [5, 5.41) is 4.53. The highest BCUT2D eigenvalue weighted by Crippen LogP contribution is 2.27. The number of hydrogen-bond acceptors (Lipinski definition) is 7. The minimum absolute atomic E-state index is 0.0814. The minimum Gasteiger partial charge on any atom is -0.340 e. The highest BCUT2D eigenvalue weighted by atomic mass is 32.2. The summed E-state index contributed by atoms with van der Waals surface area (Å²) in [6.07, 6.45) is 0.535. The number of hydrogen-bond donors (Lipinski definition) is 1. The fourth-order valence-electron chi connectivity index (χ4n) is 4.09. The highest BCUT2D eigenvalue weighted by Gasteiger charge is 2.32. The van der Waals surface area contributed by atoms with Gasteiger partial charge in [-0.3, -0.25) is 19.2 Å². The number of rotatable bonds is 5. The molecule has 32 heavy (non-hydrogen) atoms. The van der Waals surface area contributed by atoms with Crippen LogP contribution in [0.25, 0.3) is 0 Å². The summed E-state index contributed by atoms with van der Waals surface area (Å²) < 4.78 is 52.2. The Balaban J connectivity index is 1.47. The largest absolute Gasteiger partial charge is 0.340 e. The Morgan fingerprint density at radius 1 is 1.25 bits per heavy atom. The van der Waals surface area contributed by atoms with Gasteiger partial charge in [0.2, 0.25) is 5.91 Å². The Morgan fingerprint density at radius 3 is 2.66 bits per heavy atom. The van der Waals surface area contributed by atoms with E-state index in [1.807, 2.05) is 13.8 Å². The van der Waals surface area contributed by atoms with Crippen LogP contribution >= 0.6 is 0 Å². The number of aryl methyl sites for hydroxylation is 1. The van der Waals surface area contributed by atoms with Crippen molar-refractivity contribution in [3.63, 3.8) is 0 Å². The number of sulfonamides is 1. The van der Waals surface area contributed by atoms with Gasteiger partial charge in [0.1, 0.15) is 12.4 Å². The maximum absolute atomic E-state index is 12.7. The average Bonchev–Trinajstić information content (AvgIpc) is 3.32. The molecule has 10 nitrogen and oxygen atoms in total. The Morgan fingerprint density at radius 2 is 1.97 bits per heavy atom. The predicted molar refractivity (Wildman–Crippen MR) is 119 cm³/mol.